The summed E-state index contributed by atoms with van der Waals surface area (Å²) >= 11 is 5.91. The Kier molecular flexibility index (Phi) is 7.02. The molecule has 0 amide bonds. The molecule has 1 aliphatic heterocycles. The van der Waals surface area contributed by atoms with Crippen LogP contribution in [0, 0.1) is 0 Å². The van der Waals surface area contributed by atoms with E-state index < -0.39 is 0 Å². The summed E-state index contributed by atoms with van der Waals surface area (Å²) in [5.74, 6) is 0. The first kappa shape index (κ1) is 15.8. The molecule has 1 heterocycles. The van der Waals surface area contributed by atoms with Crippen LogP contribution >= 0.6 is 24.0 Å². The molecular formula is C14H22Cl2N2. The highest BCUT2D eigenvalue weighted by Gasteiger charge is 2.21. The van der Waals surface area contributed by atoms with Crippen LogP contribution in [0.1, 0.15) is 25.3 Å². The molecule has 102 valence electrons. The lowest BCUT2D eigenvalue weighted by molar-refractivity contribution is 0.199. The predicted octanol–water partition coefficient (Wildman–Crippen LogP) is 3.34. The van der Waals surface area contributed by atoms with Gasteiger partial charge in [0.2, 0.25) is 0 Å². The average Bonchev–Trinajstić information content (AvgIpc) is 2.85. The van der Waals surface area contributed by atoms with E-state index in [0.29, 0.717) is 6.04 Å². The van der Waals surface area contributed by atoms with Crippen molar-refractivity contribution >= 4 is 24.0 Å². The maximum absolute atomic E-state index is 5.91. The standard InChI is InChI=1S/C14H21ClN2.ClH/c1-2-9-17(14-7-8-16-10-14)11-12-3-5-13(15)6-4-12;/h3-6,14,16H,2,7-11H2,1H3;1H. The van der Waals surface area contributed by atoms with Crippen LogP contribution in [0.4, 0.5) is 0 Å². The van der Waals surface area contributed by atoms with Crippen LogP contribution in [0.15, 0.2) is 24.3 Å². The Bertz CT molecular complexity index is 334. The molecular weight excluding hydrogens is 267 g/mol. The zero-order valence-corrected chi connectivity index (χ0v) is 12.4. The topological polar surface area (TPSA) is 15.3 Å². The number of nitrogens with one attached hydrogen (secondary N) is 1. The van der Waals surface area contributed by atoms with E-state index in [1.807, 2.05) is 12.1 Å². The predicted molar refractivity (Wildman–Crippen MR) is 80.7 cm³/mol. The molecule has 1 fully saturated rings. The summed E-state index contributed by atoms with van der Waals surface area (Å²) in [7, 11) is 0. The van der Waals surface area contributed by atoms with Gasteiger partial charge in [-0.1, -0.05) is 30.7 Å². The second-order valence-electron chi connectivity index (χ2n) is 4.74. The number of nitrogens with zero attached hydrogens (tertiary/aromatic N) is 1. The quantitative estimate of drug-likeness (QED) is 0.894. The molecule has 0 radical (unpaired) electrons. The van der Waals surface area contributed by atoms with Crippen LogP contribution in [0.2, 0.25) is 5.02 Å². The monoisotopic (exact) mass is 288 g/mol. The van der Waals surface area contributed by atoms with E-state index in [4.69, 9.17) is 11.6 Å². The number of rotatable bonds is 5. The first-order chi connectivity index (χ1) is 8.29. The van der Waals surface area contributed by atoms with Crippen LogP contribution in [0.5, 0.6) is 0 Å². The summed E-state index contributed by atoms with van der Waals surface area (Å²) in [5, 5.41) is 4.26. The summed E-state index contributed by atoms with van der Waals surface area (Å²) in [6.07, 6.45) is 2.48. The van der Waals surface area contributed by atoms with E-state index in [-0.39, 0.29) is 12.4 Å². The molecule has 2 rings (SSSR count). The number of hydrogen-bond donors (Lipinski definition) is 1. The van der Waals surface area contributed by atoms with Crippen LogP contribution in [0.3, 0.4) is 0 Å². The van der Waals surface area contributed by atoms with Gasteiger partial charge in [0.1, 0.15) is 0 Å². The van der Waals surface area contributed by atoms with Crippen molar-refractivity contribution in [1.82, 2.24) is 10.2 Å². The Hall–Kier alpha value is -0.280. The number of hydrogen-bond acceptors (Lipinski definition) is 2. The van der Waals surface area contributed by atoms with Crippen molar-refractivity contribution in [3.8, 4) is 0 Å². The Morgan fingerprint density at radius 2 is 2.06 bits per heavy atom. The van der Waals surface area contributed by atoms with Gasteiger partial charge in [0.05, 0.1) is 0 Å². The van der Waals surface area contributed by atoms with Gasteiger partial charge in [-0.05, 0) is 43.6 Å². The summed E-state index contributed by atoms with van der Waals surface area (Å²) in [6.45, 7) is 6.75. The normalized spacial score (nSPS) is 18.9. The maximum atomic E-state index is 5.91. The fourth-order valence-corrected chi connectivity index (χ4v) is 2.58. The van der Waals surface area contributed by atoms with E-state index in [1.54, 1.807) is 0 Å². The lowest BCUT2D eigenvalue weighted by atomic mass is 10.1. The highest BCUT2D eigenvalue weighted by atomic mass is 35.5. The van der Waals surface area contributed by atoms with Gasteiger partial charge in [-0.25, -0.2) is 0 Å². The third-order valence-electron chi connectivity index (χ3n) is 3.36. The summed E-state index contributed by atoms with van der Waals surface area (Å²) in [5.41, 5.74) is 1.36. The second kappa shape index (κ2) is 8.00. The molecule has 18 heavy (non-hydrogen) atoms. The van der Waals surface area contributed by atoms with E-state index in [1.165, 1.54) is 24.9 Å². The van der Waals surface area contributed by atoms with Crippen molar-refractivity contribution in [2.75, 3.05) is 19.6 Å². The Morgan fingerprint density at radius 1 is 1.33 bits per heavy atom. The summed E-state index contributed by atoms with van der Waals surface area (Å²) in [6, 6.07) is 8.92. The van der Waals surface area contributed by atoms with E-state index in [9.17, 15) is 0 Å². The first-order valence-electron chi connectivity index (χ1n) is 6.49. The fraction of sp³-hybridized carbons (Fsp3) is 0.571. The molecule has 2 nitrogen and oxygen atoms in total. The van der Waals surface area contributed by atoms with Crippen molar-refractivity contribution in [3.63, 3.8) is 0 Å². The van der Waals surface area contributed by atoms with Crippen LogP contribution in [0.25, 0.3) is 0 Å². The SMILES string of the molecule is CCCN(Cc1ccc(Cl)cc1)C1CCNC1.Cl. The highest BCUT2D eigenvalue weighted by molar-refractivity contribution is 6.30. The fourth-order valence-electron chi connectivity index (χ4n) is 2.45. The number of benzene rings is 1. The van der Waals surface area contributed by atoms with Gasteiger partial charge in [0, 0.05) is 24.2 Å². The van der Waals surface area contributed by atoms with Crippen molar-refractivity contribution in [1.29, 1.82) is 0 Å². The summed E-state index contributed by atoms with van der Waals surface area (Å²) < 4.78 is 0. The van der Waals surface area contributed by atoms with Crippen molar-refractivity contribution in [2.24, 2.45) is 0 Å². The third kappa shape index (κ3) is 4.43. The van der Waals surface area contributed by atoms with E-state index >= 15 is 0 Å². The van der Waals surface area contributed by atoms with Crippen molar-refractivity contribution in [3.05, 3.63) is 34.9 Å². The Labute approximate surface area is 121 Å². The minimum atomic E-state index is 0. The molecule has 1 N–H and O–H groups in total. The molecule has 0 bridgehead atoms. The molecule has 0 saturated carbocycles. The zero-order valence-electron chi connectivity index (χ0n) is 10.9. The largest absolute Gasteiger partial charge is 0.315 e. The van der Waals surface area contributed by atoms with Gasteiger partial charge < -0.3 is 5.32 Å². The minimum Gasteiger partial charge on any atom is -0.315 e. The molecule has 1 saturated heterocycles. The molecule has 1 aromatic rings. The van der Waals surface area contributed by atoms with E-state index in [2.05, 4.69) is 29.3 Å². The van der Waals surface area contributed by atoms with Crippen LogP contribution in [-0.2, 0) is 6.54 Å². The highest BCUT2D eigenvalue weighted by Crippen LogP contribution is 2.16. The Balaban J connectivity index is 0.00000162. The molecule has 1 aliphatic rings. The Morgan fingerprint density at radius 3 is 2.61 bits per heavy atom. The first-order valence-corrected chi connectivity index (χ1v) is 6.86. The van der Waals surface area contributed by atoms with Gasteiger partial charge in [0.25, 0.3) is 0 Å². The molecule has 0 aromatic heterocycles. The second-order valence-corrected chi connectivity index (χ2v) is 5.18. The lowest BCUT2D eigenvalue weighted by Gasteiger charge is -2.28. The maximum Gasteiger partial charge on any atom is 0.0406 e. The van der Waals surface area contributed by atoms with E-state index in [0.717, 1.165) is 24.7 Å². The summed E-state index contributed by atoms with van der Waals surface area (Å²) in [4.78, 5) is 2.59. The van der Waals surface area contributed by atoms with Gasteiger partial charge in [-0.3, -0.25) is 4.90 Å². The van der Waals surface area contributed by atoms with Gasteiger partial charge >= 0.3 is 0 Å². The van der Waals surface area contributed by atoms with Gasteiger partial charge in [0.15, 0.2) is 0 Å². The van der Waals surface area contributed by atoms with Crippen LogP contribution < -0.4 is 5.32 Å². The molecule has 4 heteroatoms. The smallest absolute Gasteiger partial charge is 0.0406 e. The average molecular weight is 289 g/mol. The van der Waals surface area contributed by atoms with Crippen molar-refractivity contribution in [2.45, 2.75) is 32.4 Å². The molecule has 0 spiro atoms. The number of halogens is 2. The molecule has 0 aliphatic carbocycles. The van der Waals surface area contributed by atoms with Gasteiger partial charge in [-0.2, -0.15) is 0 Å². The van der Waals surface area contributed by atoms with Crippen molar-refractivity contribution < 1.29 is 0 Å². The zero-order chi connectivity index (χ0) is 12.1. The van der Waals surface area contributed by atoms with Crippen LogP contribution in [-0.4, -0.2) is 30.6 Å². The minimum absolute atomic E-state index is 0. The molecule has 1 unspecified atom stereocenters. The molecule has 1 aromatic carbocycles. The molecule has 1 atom stereocenters. The van der Waals surface area contributed by atoms with Gasteiger partial charge in [-0.15, -0.1) is 12.4 Å². The lowest BCUT2D eigenvalue weighted by Crippen LogP contribution is -2.36. The third-order valence-corrected chi connectivity index (χ3v) is 3.61.